The Morgan fingerprint density at radius 2 is 1.85 bits per heavy atom. The van der Waals surface area contributed by atoms with E-state index in [0.29, 0.717) is 18.0 Å². The lowest BCUT2D eigenvalue weighted by molar-refractivity contribution is 0.702. The molecule has 1 N–H and O–H groups in total. The zero-order valence-electron chi connectivity index (χ0n) is 17.9. The number of aryl methyl sites for hydroxylation is 1. The molecule has 0 spiro atoms. The third-order valence-electron chi connectivity index (χ3n) is 5.03. The van der Waals surface area contributed by atoms with Gasteiger partial charge in [-0.2, -0.15) is 10.1 Å². The number of anilines is 1. The van der Waals surface area contributed by atoms with E-state index in [-0.39, 0.29) is 5.65 Å². The van der Waals surface area contributed by atoms with Crippen molar-refractivity contribution in [1.82, 2.24) is 18.7 Å². The summed E-state index contributed by atoms with van der Waals surface area (Å²) in [5.74, 6) is 0.347. The first-order valence-electron chi connectivity index (χ1n) is 9.97. The van der Waals surface area contributed by atoms with Crippen LogP contribution in [-0.2, 0) is 20.6 Å². The van der Waals surface area contributed by atoms with E-state index in [2.05, 4.69) is 47.4 Å². The van der Waals surface area contributed by atoms with E-state index >= 15 is 0 Å². The second-order valence-electron chi connectivity index (χ2n) is 7.34. The normalized spacial score (nSPS) is 12.1. The number of aromatic nitrogens is 4. The minimum atomic E-state index is -0.441. The molecule has 0 saturated heterocycles. The van der Waals surface area contributed by atoms with Crippen LogP contribution in [0.15, 0.2) is 78.2 Å². The summed E-state index contributed by atoms with van der Waals surface area (Å²) in [6, 6.07) is 17.6. The fourth-order valence-electron chi connectivity index (χ4n) is 3.40. The van der Waals surface area contributed by atoms with E-state index in [0.717, 1.165) is 24.6 Å². The van der Waals surface area contributed by atoms with Gasteiger partial charge in [0, 0.05) is 23.1 Å². The van der Waals surface area contributed by atoms with Crippen LogP contribution >= 0.6 is 31.9 Å². The molecule has 0 atom stereocenters. The molecule has 0 amide bonds. The molecule has 0 radical (unpaired) electrons. The van der Waals surface area contributed by atoms with Gasteiger partial charge >= 0.3 is 5.69 Å². The third-order valence-corrected chi connectivity index (χ3v) is 5.96. The summed E-state index contributed by atoms with van der Waals surface area (Å²) in [5.41, 5.74) is 4.64. The lowest BCUT2D eigenvalue weighted by Crippen LogP contribution is -2.37. The predicted molar refractivity (Wildman–Crippen MR) is 139 cm³/mol. The molecule has 0 aliphatic rings. The van der Waals surface area contributed by atoms with E-state index in [9.17, 15) is 9.59 Å². The second kappa shape index (κ2) is 9.72. The summed E-state index contributed by atoms with van der Waals surface area (Å²) in [6.45, 7) is 0.363. The van der Waals surface area contributed by atoms with Gasteiger partial charge < -0.3 is 0 Å². The Kier molecular flexibility index (Phi) is 6.75. The van der Waals surface area contributed by atoms with Crippen LogP contribution in [0.4, 0.5) is 5.95 Å². The van der Waals surface area contributed by atoms with Crippen molar-refractivity contribution in [1.29, 1.82) is 0 Å². The van der Waals surface area contributed by atoms with Crippen LogP contribution in [0.3, 0.4) is 0 Å². The van der Waals surface area contributed by atoms with Crippen LogP contribution in [0.25, 0.3) is 17.2 Å². The fourth-order valence-corrected chi connectivity index (χ4v) is 4.21. The quantitative estimate of drug-likeness (QED) is 0.279. The number of allylic oxidation sites excluding steroid dienone is 1. The van der Waals surface area contributed by atoms with Crippen molar-refractivity contribution in [2.24, 2.45) is 19.2 Å². The number of nitrogens with one attached hydrogen (secondary N) is 1. The van der Waals surface area contributed by atoms with Gasteiger partial charge in [0.05, 0.1) is 12.8 Å². The molecule has 10 heteroatoms. The molecule has 2 aromatic carbocycles. The van der Waals surface area contributed by atoms with E-state index in [4.69, 9.17) is 0 Å². The van der Waals surface area contributed by atoms with Crippen molar-refractivity contribution in [3.8, 4) is 0 Å². The fraction of sp³-hybridized carbons (Fsp3) is 0.130. The molecule has 0 unspecified atom stereocenters. The SMILES string of the molecule is Cn1c(=O)c2c(nc(N/N=C/C(Br)=C/c3ccccc3)n2Cc2cccc(Br)c2)n(C)c1=O. The van der Waals surface area contributed by atoms with E-state index in [1.54, 1.807) is 17.8 Å². The summed E-state index contributed by atoms with van der Waals surface area (Å²) in [5, 5.41) is 4.28. The highest BCUT2D eigenvalue weighted by Crippen LogP contribution is 2.20. The van der Waals surface area contributed by atoms with Crippen LogP contribution in [0.5, 0.6) is 0 Å². The summed E-state index contributed by atoms with van der Waals surface area (Å²) in [6.07, 6.45) is 3.53. The maximum Gasteiger partial charge on any atom is 0.332 e. The molecular formula is C23H20Br2N6O2. The molecule has 4 aromatic rings. The Labute approximate surface area is 206 Å². The molecular weight excluding hydrogens is 552 g/mol. The van der Waals surface area contributed by atoms with Crippen molar-refractivity contribution < 1.29 is 0 Å². The monoisotopic (exact) mass is 570 g/mol. The van der Waals surface area contributed by atoms with Crippen LogP contribution in [-0.4, -0.2) is 24.9 Å². The average molecular weight is 572 g/mol. The van der Waals surface area contributed by atoms with Gasteiger partial charge in [-0.3, -0.25) is 18.5 Å². The van der Waals surface area contributed by atoms with Gasteiger partial charge in [-0.1, -0.05) is 58.4 Å². The molecule has 33 heavy (non-hydrogen) atoms. The van der Waals surface area contributed by atoms with Gasteiger partial charge in [0.2, 0.25) is 5.95 Å². The van der Waals surface area contributed by atoms with Crippen molar-refractivity contribution in [3.05, 3.63) is 95.5 Å². The number of hydrazone groups is 1. The Bertz CT molecular complexity index is 1500. The lowest BCUT2D eigenvalue weighted by Gasteiger charge is -2.09. The third kappa shape index (κ3) is 4.91. The lowest BCUT2D eigenvalue weighted by atomic mass is 10.2. The van der Waals surface area contributed by atoms with Gasteiger partial charge in [0.25, 0.3) is 5.56 Å². The zero-order chi connectivity index (χ0) is 23.5. The number of hydrogen-bond donors (Lipinski definition) is 1. The predicted octanol–water partition coefficient (Wildman–Crippen LogP) is 4.08. The number of rotatable bonds is 6. The topological polar surface area (TPSA) is 86.2 Å². The van der Waals surface area contributed by atoms with Gasteiger partial charge in [-0.05, 0) is 45.3 Å². The van der Waals surface area contributed by atoms with Crippen LogP contribution in [0.1, 0.15) is 11.1 Å². The second-order valence-corrected chi connectivity index (χ2v) is 9.17. The number of nitrogens with zero attached hydrogens (tertiary/aromatic N) is 5. The highest BCUT2D eigenvalue weighted by atomic mass is 79.9. The molecule has 2 heterocycles. The molecule has 168 valence electrons. The highest BCUT2D eigenvalue weighted by molar-refractivity contribution is 9.12. The minimum absolute atomic E-state index is 0.287. The highest BCUT2D eigenvalue weighted by Gasteiger charge is 2.19. The number of hydrogen-bond acceptors (Lipinski definition) is 5. The van der Waals surface area contributed by atoms with E-state index < -0.39 is 11.2 Å². The van der Waals surface area contributed by atoms with Gasteiger partial charge in [0.1, 0.15) is 0 Å². The standard InChI is InChI=1S/C23H20Br2N6O2/c1-29-20-19(21(32)30(2)23(29)33)31(14-16-9-6-10-17(24)12-16)22(27-20)28-26-13-18(25)11-15-7-4-3-5-8-15/h3-13H,14H2,1-2H3,(H,27,28)/b18-11-,26-13+. The smallest absolute Gasteiger partial charge is 0.298 e. The maximum atomic E-state index is 13.0. The van der Waals surface area contributed by atoms with Crippen LogP contribution in [0.2, 0.25) is 0 Å². The van der Waals surface area contributed by atoms with Crippen molar-refractivity contribution in [2.45, 2.75) is 6.54 Å². The summed E-state index contributed by atoms with van der Waals surface area (Å²) < 4.78 is 5.83. The first-order valence-corrected chi connectivity index (χ1v) is 11.6. The number of imidazole rings is 1. The largest absolute Gasteiger partial charge is 0.332 e. The van der Waals surface area contributed by atoms with Crippen molar-refractivity contribution >= 4 is 61.3 Å². The first-order chi connectivity index (χ1) is 15.8. The Morgan fingerprint density at radius 1 is 1.09 bits per heavy atom. The molecule has 0 bridgehead atoms. The van der Waals surface area contributed by atoms with Crippen molar-refractivity contribution in [3.63, 3.8) is 0 Å². The molecule has 8 nitrogen and oxygen atoms in total. The molecule has 2 aromatic heterocycles. The Morgan fingerprint density at radius 3 is 2.58 bits per heavy atom. The molecule has 0 saturated carbocycles. The molecule has 4 rings (SSSR count). The number of halogens is 2. The Hall–Kier alpha value is -3.24. The number of fused-ring (bicyclic) bond motifs is 1. The van der Waals surface area contributed by atoms with Crippen LogP contribution < -0.4 is 16.7 Å². The minimum Gasteiger partial charge on any atom is -0.298 e. The van der Waals surface area contributed by atoms with Crippen molar-refractivity contribution in [2.75, 3.05) is 5.43 Å². The van der Waals surface area contributed by atoms with E-state index in [1.165, 1.54) is 11.6 Å². The zero-order valence-corrected chi connectivity index (χ0v) is 21.0. The molecule has 0 fully saturated rings. The molecule has 0 aliphatic carbocycles. The van der Waals surface area contributed by atoms with Crippen LogP contribution in [0, 0.1) is 0 Å². The summed E-state index contributed by atoms with van der Waals surface area (Å²) in [7, 11) is 3.05. The van der Waals surface area contributed by atoms with Gasteiger partial charge in [0.15, 0.2) is 11.2 Å². The van der Waals surface area contributed by atoms with E-state index in [1.807, 2.05) is 60.7 Å². The van der Waals surface area contributed by atoms with Gasteiger partial charge in [-0.25, -0.2) is 10.2 Å². The first kappa shape index (κ1) is 22.9. The molecule has 0 aliphatic heterocycles. The summed E-state index contributed by atoms with van der Waals surface area (Å²) in [4.78, 5) is 29.9. The average Bonchev–Trinajstić information content (AvgIpc) is 3.15. The summed E-state index contributed by atoms with van der Waals surface area (Å²) >= 11 is 6.97. The number of benzene rings is 2. The maximum absolute atomic E-state index is 13.0. The van der Waals surface area contributed by atoms with Gasteiger partial charge in [-0.15, -0.1) is 0 Å². The Balaban J connectivity index is 1.76.